The van der Waals surface area contributed by atoms with Crippen LogP contribution in [0.25, 0.3) is 11.0 Å². The fourth-order valence-electron chi connectivity index (χ4n) is 3.36. The van der Waals surface area contributed by atoms with E-state index in [9.17, 15) is 4.79 Å². The van der Waals surface area contributed by atoms with E-state index in [-0.39, 0.29) is 18.6 Å². The summed E-state index contributed by atoms with van der Waals surface area (Å²) in [6, 6.07) is 9.65. The number of likely N-dealkylation sites (tertiary alicyclic amines) is 1. The summed E-state index contributed by atoms with van der Waals surface area (Å²) in [7, 11) is 0. The first-order chi connectivity index (χ1) is 12.2. The number of nitrogens with zero attached hydrogens (tertiary/aromatic N) is 3. The van der Waals surface area contributed by atoms with Crippen LogP contribution in [0, 0.1) is 6.92 Å². The Labute approximate surface area is 145 Å². The topological polar surface area (TPSA) is 71.1 Å². The van der Waals surface area contributed by atoms with Gasteiger partial charge in [-0.25, -0.2) is 4.98 Å². The predicted molar refractivity (Wildman–Crippen MR) is 94.3 cm³/mol. The quantitative estimate of drug-likeness (QED) is 0.795. The van der Waals surface area contributed by atoms with Gasteiger partial charge in [-0.3, -0.25) is 9.78 Å². The second-order valence-electron chi connectivity index (χ2n) is 6.32. The van der Waals surface area contributed by atoms with E-state index in [1.165, 1.54) is 0 Å². The molecule has 1 atom stereocenters. The van der Waals surface area contributed by atoms with Crippen LogP contribution >= 0.6 is 0 Å². The van der Waals surface area contributed by atoms with Crippen molar-refractivity contribution in [1.29, 1.82) is 0 Å². The van der Waals surface area contributed by atoms with Crippen LogP contribution in [0.15, 0.2) is 42.7 Å². The number of carbonyl (C=O) groups excluding carboxylic acids is 1. The molecule has 0 saturated carbocycles. The SMILES string of the molecule is Cc1cccc2[nH]c(C3CCCN3C(=O)COc3cccnc3)nc12. The molecule has 128 valence electrons. The molecule has 25 heavy (non-hydrogen) atoms. The summed E-state index contributed by atoms with van der Waals surface area (Å²) in [5.41, 5.74) is 3.13. The Balaban J connectivity index is 1.51. The molecule has 1 aliphatic rings. The number of imidazole rings is 1. The number of benzene rings is 1. The van der Waals surface area contributed by atoms with Crippen LogP contribution in [0.1, 0.15) is 30.3 Å². The van der Waals surface area contributed by atoms with Crippen molar-refractivity contribution in [3.8, 4) is 5.75 Å². The number of amides is 1. The highest BCUT2D eigenvalue weighted by Gasteiger charge is 2.32. The molecule has 1 saturated heterocycles. The van der Waals surface area contributed by atoms with Gasteiger partial charge >= 0.3 is 0 Å². The van der Waals surface area contributed by atoms with E-state index in [0.29, 0.717) is 5.75 Å². The molecule has 2 aromatic heterocycles. The van der Waals surface area contributed by atoms with E-state index in [1.807, 2.05) is 30.0 Å². The molecule has 1 N–H and O–H groups in total. The zero-order chi connectivity index (χ0) is 17.2. The number of hydrogen-bond acceptors (Lipinski definition) is 4. The Kier molecular flexibility index (Phi) is 4.09. The summed E-state index contributed by atoms with van der Waals surface area (Å²) >= 11 is 0. The van der Waals surface area contributed by atoms with Crippen LogP contribution in [-0.2, 0) is 4.79 Å². The summed E-state index contributed by atoms with van der Waals surface area (Å²) in [6.45, 7) is 2.80. The number of fused-ring (bicyclic) bond motifs is 1. The number of pyridine rings is 1. The van der Waals surface area contributed by atoms with Gasteiger partial charge < -0.3 is 14.6 Å². The predicted octanol–water partition coefficient (Wildman–Crippen LogP) is 3.01. The van der Waals surface area contributed by atoms with Crippen LogP contribution in [0.4, 0.5) is 0 Å². The largest absolute Gasteiger partial charge is 0.482 e. The molecule has 0 spiro atoms. The molecule has 6 nitrogen and oxygen atoms in total. The summed E-state index contributed by atoms with van der Waals surface area (Å²) in [5.74, 6) is 1.44. The van der Waals surface area contributed by atoms with E-state index < -0.39 is 0 Å². The first-order valence-electron chi connectivity index (χ1n) is 8.50. The number of para-hydroxylation sites is 1. The van der Waals surface area contributed by atoms with Crippen molar-refractivity contribution in [1.82, 2.24) is 19.9 Å². The minimum absolute atomic E-state index is 0.0153. The number of aromatic amines is 1. The number of nitrogens with one attached hydrogen (secondary N) is 1. The molecular formula is C19H20N4O2. The van der Waals surface area contributed by atoms with Crippen molar-refractivity contribution in [3.63, 3.8) is 0 Å². The van der Waals surface area contributed by atoms with Crippen LogP contribution in [-0.4, -0.2) is 38.9 Å². The number of hydrogen-bond donors (Lipinski definition) is 1. The highest BCUT2D eigenvalue weighted by atomic mass is 16.5. The maximum absolute atomic E-state index is 12.6. The van der Waals surface area contributed by atoms with Gasteiger partial charge in [-0.05, 0) is 43.5 Å². The lowest BCUT2D eigenvalue weighted by atomic mass is 10.2. The summed E-state index contributed by atoms with van der Waals surface area (Å²) in [5, 5.41) is 0. The van der Waals surface area contributed by atoms with Crippen molar-refractivity contribution in [2.45, 2.75) is 25.8 Å². The Bertz CT molecular complexity index is 891. The number of H-pyrrole nitrogens is 1. The van der Waals surface area contributed by atoms with Gasteiger partial charge in [-0.1, -0.05) is 12.1 Å². The van der Waals surface area contributed by atoms with E-state index in [0.717, 1.165) is 41.8 Å². The van der Waals surface area contributed by atoms with Crippen molar-refractivity contribution in [2.75, 3.05) is 13.2 Å². The lowest BCUT2D eigenvalue weighted by Crippen LogP contribution is -2.34. The van der Waals surface area contributed by atoms with Gasteiger partial charge in [0.1, 0.15) is 11.6 Å². The molecule has 0 radical (unpaired) electrons. The first-order valence-corrected chi connectivity index (χ1v) is 8.50. The molecule has 1 fully saturated rings. The third-order valence-corrected chi connectivity index (χ3v) is 4.62. The highest BCUT2D eigenvalue weighted by molar-refractivity contribution is 5.80. The van der Waals surface area contributed by atoms with E-state index >= 15 is 0 Å². The second kappa shape index (κ2) is 6.55. The Morgan fingerprint density at radius 1 is 1.36 bits per heavy atom. The number of aryl methyl sites for hydroxylation is 1. The molecule has 6 heteroatoms. The van der Waals surface area contributed by atoms with Crippen LogP contribution in [0.2, 0.25) is 0 Å². The fraction of sp³-hybridized carbons (Fsp3) is 0.316. The van der Waals surface area contributed by atoms with Crippen molar-refractivity contribution in [3.05, 3.63) is 54.1 Å². The van der Waals surface area contributed by atoms with Gasteiger partial charge in [-0.15, -0.1) is 0 Å². The van der Waals surface area contributed by atoms with Crippen molar-refractivity contribution < 1.29 is 9.53 Å². The molecule has 1 amide bonds. The minimum Gasteiger partial charge on any atom is -0.482 e. The average Bonchev–Trinajstić information content (AvgIpc) is 3.28. The van der Waals surface area contributed by atoms with Gasteiger partial charge in [0.2, 0.25) is 0 Å². The standard InChI is InChI=1S/C19H20N4O2/c1-13-5-2-7-15-18(13)22-19(21-15)16-8-4-10-23(16)17(24)12-25-14-6-3-9-20-11-14/h2-3,5-7,9,11,16H,4,8,10,12H2,1H3,(H,21,22). The van der Waals surface area contributed by atoms with E-state index in [2.05, 4.69) is 9.97 Å². The zero-order valence-electron chi connectivity index (χ0n) is 14.1. The molecule has 1 unspecified atom stereocenters. The molecular weight excluding hydrogens is 316 g/mol. The van der Waals surface area contributed by atoms with Gasteiger partial charge in [0.15, 0.2) is 6.61 Å². The fourth-order valence-corrected chi connectivity index (χ4v) is 3.36. The Morgan fingerprint density at radius 3 is 3.08 bits per heavy atom. The van der Waals surface area contributed by atoms with E-state index in [1.54, 1.807) is 24.5 Å². The van der Waals surface area contributed by atoms with Gasteiger partial charge in [0.25, 0.3) is 5.91 Å². The average molecular weight is 336 g/mol. The Hall–Kier alpha value is -2.89. The maximum atomic E-state index is 12.6. The zero-order valence-corrected chi connectivity index (χ0v) is 14.1. The highest BCUT2D eigenvalue weighted by Crippen LogP contribution is 2.32. The molecule has 3 heterocycles. The molecule has 4 rings (SSSR count). The number of ether oxygens (including phenoxy) is 1. The van der Waals surface area contributed by atoms with Crippen LogP contribution < -0.4 is 4.74 Å². The lowest BCUT2D eigenvalue weighted by molar-refractivity contribution is -0.134. The van der Waals surface area contributed by atoms with Gasteiger partial charge in [-0.2, -0.15) is 0 Å². The second-order valence-corrected chi connectivity index (χ2v) is 6.32. The van der Waals surface area contributed by atoms with E-state index in [4.69, 9.17) is 9.72 Å². The van der Waals surface area contributed by atoms with Gasteiger partial charge in [0, 0.05) is 12.7 Å². The van der Waals surface area contributed by atoms with Crippen molar-refractivity contribution >= 4 is 16.9 Å². The third-order valence-electron chi connectivity index (χ3n) is 4.62. The van der Waals surface area contributed by atoms with Crippen LogP contribution in [0.3, 0.4) is 0 Å². The molecule has 0 aliphatic carbocycles. The maximum Gasteiger partial charge on any atom is 0.261 e. The molecule has 3 aromatic rings. The molecule has 0 bridgehead atoms. The smallest absolute Gasteiger partial charge is 0.261 e. The lowest BCUT2D eigenvalue weighted by Gasteiger charge is -2.23. The van der Waals surface area contributed by atoms with Gasteiger partial charge in [0.05, 0.1) is 23.3 Å². The van der Waals surface area contributed by atoms with Crippen LogP contribution in [0.5, 0.6) is 5.75 Å². The van der Waals surface area contributed by atoms with Crippen molar-refractivity contribution in [2.24, 2.45) is 0 Å². The minimum atomic E-state index is -0.0245. The monoisotopic (exact) mass is 336 g/mol. The number of rotatable bonds is 4. The molecule has 1 aromatic carbocycles. The first kappa shape index (κ1) is 15.6. The summed E-state index contributed by atoms with van der Waals surface area (Å²) < 4.78 is 5.56. The number of carbonyl (C=O) groups is 1. The molecule has 1 aliphatic heterocycles. The normalized spacial score (nSPS) is 17.2. The third kappa shape index (κ3) is 3.07. The number of aromatic nitrogens is 3. The summed E-state index contributed by atoms with van der Waals surface area (Å²) in [6.07, 6.45) is 5.17. The Morgan fingerprint density at radius 2 is 2.28 bits per heavy atom. The summed E-state index contributed by atoms with van der Waals surface area (Å²) in [4.78, 5) is 26.6.